The van der Waals surface area contributed by atoms with Crippen molar-refractivity contribution in [1.82, 2.24) is 5.01 Å². The Labute approximate surface area is 131 Å². The maximum Gasteiger partial charge on any atom is 0.468 e. The van der Waals surface area contributed by atoms with Crippen LogP contribution in [0.25, 0.3) is 0 Å². The largest absolute Gasteiger partial charge is 0.468 e. The van der Waals surface area contributed by atoms with E-state index in [1.54, 1.807) is 24.3 Å². The first-order chi connectivity index (χ1) is 10.6. The molecule has 1 aromatic carbocycles. The molecule has 0 N–H and O–H groups in total. The van der Waals surface area contributed by atoms with Crippen LogP contribution >= 0.6 is 0 Å². The number of hydrogen-bond donors (Lipinski definition) is 0. The van der Waals surface area contributed by atoms with Gasteiger partial charge in [0.15, 0.2) is 5.03 Å². The lowest BCUT2D eigenvalue weighted by molar-refractivity contribution is -0.639. The summed E-state index contributed by atoms with van der Waals surface area (Å²) < 4.78 is 4.99. The highest BCUT2D eigenvalue weighted by atomic mass is 16.7. The van der Waals surface area contributed by atoms with Crippen molar-refractivity contribution in [2.24, 2.45) is 0 Å². The molecule has 0 heterocycles. The molecule has 0 radical (unpaired) electrons. The molecule has 1 rings (SSSR count). The van der Waals surface area contributed by atoms with E-state index < -0.39 is 11.1 Å². The van der Waals surface area contributed by atoms with Gasteiger partial charge in [-0.2, -0.15) is 0 Å². The van der Waals surface area contributed by atoms with E-state index in [0.717, 1.165) is 19.3 Å². The molecule has 0 spiro atoms. The summed E-state index contributed by atoms with van der Waals surface area (Å²) in [6, 6.07) is 8.83. The summed E-state index contributed by atoms with van der Waals surface area (Å²) in [6.07, 6.45) is 5.51. The Morgan fingerprint density at radius 1 is 1.14 bits per heavy atom. The van der Waals surface area contributed by atoms with Crippen molar-refractivity contribution in [3.63, 3.8) is 0 Å². The molecule has 1 amide bonds. The fourth-order valence-electron chi connectivity index (χ4n) is 2.06. The van der Waals surface area contributed by atoms with Gasteiger partial charge in [-0.05, 0) is 17.0 Å². The first kappa shape index (κ1) is 17.9. The van der Waals surface area contributed by atoms with E-state index in [9.17, 15) is 14.9 Å². The Hall–Kier alpha value is -2.11. The topological polar surface area (TPSA) is 72.7 Å². The number of benzene rings is 1. The van der Waals surface area contributed by atoms with Gasteiger partial charge in [0.1, 0.15) is 6.54 Å². The van der Waals surface area contributed by atoms with Crippen LogP contribution in [0.1, 0.15) is 51.0 Å². The van der Waals surface area contributed by atoms with Gasteiger partial charge in [-0.25, -0.2) is 14.9 Å². The van der Waals surface area contributed by atoms with Crippen LogP contribution in [0.2, 0.25) is 0 Å². The molecule has 0 aromatic heterocycles. The normalized spacial score (nSPS) is 10.2. The van der Waals surface area contributed by atoms with Gasteiger partial charge >= 0.3 is 6.09 Å². The number of unbranched alkanes of at least 4 members (excludes halogenated alkanes) is 5. The third-order valence-corrected chi connectivity index (χ3v) is 3.31. The highest BCUT2D eigenvalue weighted by Gasteiger charge is 2.26. The maximum absolute atomic E-state index is 11.8. The van der Waals surface area contributed by atoms with E-state index in [-0.39, 0.29) is 13.2 Å². The summed E-state index contributed by atoms with van der Waals surface area (Å²) in [6.45, 7) is 2.29. The minimum Gasteiger partial charge on any atom is -0.446 e. The van der Waals surface area contributed by atoms with Crippen LogP contribution in [0.15, 0.2) is 30.3 Å². The fourth-order valence-corrected chi connectivity index (χ4v) is 2.06. The molecular formula is C16H24N2O4. The molecule has 0 aliphatic carbocycles. The maximum atomic E-state index is 11.8. The smallest absolute Gasteiger partial charge is 0.446 e. The number of amides is 1. The minimum absolute atomic E-state index is 0.0941. The third-order valence-electron chi connectivity index (χ3n) is 3.31. The number of ether oxygens (including phenoxy) is 1. The molecule has 0 unspecified atom stereocenters. The number of nitrogens with zero attached hydrogens (tertiary/aromatic N) is 2. The number of carbonyl (C=O) groups is 1. The molecule has 0 saturated heterocycles. The molecule has 0 aliphatic heterocycles. The average Bonchev–Trinajstić information content (AvgIpc) is 2.52. The minimum atomic E-state index is -0.901. The van der Waals surface area contributed by atoms with E-state index in [2.05, 4.69) is 6.92 Å². The van der Waals surface area contributed by atoms with Crippen LogP contribution < -0.4 is 0 Å². The Kier molecular flexibility index (Phi) is 8.64. The molecular weight excluding hydrogens is 284 g/mol. The van der Waals surface area contributed by atoms with Gasteiger partial charge in [-0.15, -0.1) is 0 Å². The molecule has 0 bridgehead atoms. The highest BCUT2D eigenvalue weighted by Crippen LogP contribution is 2.08. The second kappa shape index (κ2) is 10.6. The number of hydrazine groups is 1. The van der Waals surface area contributed by atoms with Gasteiger partial charge in [0.25, 0.3) is 0 Å². The standard InChI is InChI=1S/C16H24N2O4/c1-2-3-4-5-6-10-13-22-16(19)17(18(20)21)14-15-11-8-7-9-12-15/h7-9,11-12H,2-6,10,13-14H2,1H3. The Bertz CT molecular complexity index is 451. The molecule has 6 nitrogen and oxygen atoms in total. The van der Waals surface area contributed by atoms with Crippen LogP contribution in [0, 0.1) is 10.1 Å². The van der Waals surface area contributed by atoms with Gasteiger partial charge in [-0.3, -0.25) is 0 Å². The number of nitro groups is 1. The van der Waals surface area contributed by atoms with Gasteiger partial charge in [0, 0.05) is 0 Å². The molecule has 122 valence electrons. The first-order valence-electron chi connectivity index (χ1n) is 7.77. The molecule has 22 heavy (non-hydrogen) atoms. The van der Waals surface area contributed by atoms with E-state index in [1.165, 1.54) is 19.3 Å². The van der Waals surface area contributed by atoms with Crippen LogP contribution in [0.3, 0.4) is 0 Å². The summed E-state index contributed by atoms with van der Waals surface area (Å²) >= 11 is 0. The first-order valence-corrected chi connectivity index (χ1v) is 7.77. The van der Waals surface area contributed by atoms with E-state index in [0.29, 0.717) is 10.6 Å². The van der Waals surface area contributed by atoms with Crippen LogP contribution in [-0.4, -0.2) is 22.7 Å². The zero-order valence-electron chi connectivity index (χ0n) is 13.1. The number of hydrogen-bond acceptors (Lipinski definition) is 4. The monoisotopic (exact) mass is 308 g/mol. The lowest BCUT2D eigenvalue weighted by Gasteiger charge is -2.12. The van der Waals surface area contributed by atoms with Gasteiger partial charge in [0.05, 0.1) is 6.61 Å². The van der Waals surface area contributed by atoms with Gasteiger partial charge < -0.3 is 4.74 Å². The molecule has 0 aliphatic rings. The highest BCUT2D eigenvalue weighted by molar-refractivity contribution is 5.66. The van der Waals surface area contributed by atoms with Crippen molar-refractivity contribution in [3.8, 4) is 0 Å². The van der Waals surface area contributed by atoms with Crippen molar-refractivity contribution in [3.05, 3.63) is 46.0 Å². The summed E-state index contributed by atoms with van der Waals surface area (Å²) in [5.41, 5.74) is 0.690. The van der Waals surface area contributed by atoms with Crippen molar-refractivity contribution in [2.45, 2.75) is 52.0 Å². The van der Waals surface area contributed by atoms with Crippen molar-refractivity contribution in [2.75, 3.05) is 6.61 Å². The fraction of sp³-hybridized carbons (Fsp3) is 0.562. The summed E-state index contributed by atoms with van der Waals surface area (Å²) in [7, 11) is 0. The van der Waals surface area contributed by atoms with Gasteiger partial charge in [-0.1, -0.05) is 69.4 Å². The van der Waals surface area contributed by atoms with Crippen LogP contribution in [0.4, 0.5) is 4.79 Å². The van der Waals surface area contributed by atoms with Crippen LogP contribution in [0.5, 0.6) is 0 Å². The Morgan fingerprint density at radius 2 is 1.77 bits per heavy atom. The Balaban J connectivity index is 2.32. The Morgan fingerprint density at radius 3 is 2.41 bits per heavy atom. The van der Waals surface area contributed by atoms with Gasteiger partial charge in [0.2, 0.25) is 0 Å². The lowest BCUT2D eigenvalue weighted by Crippen LogP contribution is -2.36. The SMILES string of the molecule is CCCCCCCCOC(=O)N(Cc1ccccc1)[N+](=O)[O-]. The summed E-state index contributed by atoms with van der Waals surface area (Å²) in [5, 5.41) is 10.8. The van der Waals surface area contributed by atoms with Crippen molar-refractivity contribution < 1.29 is 14.6 Å². The second-order valence-electron chi connectivity index (χ2n) is 5.16. The predicted molar refractivity (Wildman–Crippen MR) is 83.7 cm³/mol. The van der Waals surface area contributed by atoms with Crippen molar-refractivity contribution in [1.29, 1.82) is 0 Å². The summed E-state index contributed by atoms with van der Waals surface area (Å²) in [5.74, 6) is 0. The average molecular weight is 308 g/mol. The van der Waals surface area contributed by atoms with E-state index >= 15 is 0 Å². The third kappa shape index (κ3) is 7.06. The number of carbonyl (C=O) groups excluding carboxylic acids is 1. The lowest BCUT2D eigenvalue weighted by atomic mass is 10.1. The molecule has 0 fully saturated rings. The van der Waals surface area contributed by atoms with E-state index in [1.807, 2.05) is 6.07 Å². The molecule has 1 aromatic rings. The zero-order valence-corrected chi connectivity index (χ0v) is 13.1. The quantitative estimate of drug-likeness (QED) is 0.369. The van der Waals surface area contributed by atoms with Crippen LogP contribution in [-0.2, 0) is 11.3 Å². The molecule has 0 atom stereocenters. The van der Waals surface area contributed by atoms with E-state index in [4.69, 9.17) is 4.74 Å². The molecule has 6 heteroatoms. The summed E-state index contributed by atoms with van der Waals surface area (Å²) in [4.78, 5) is 22.8. The second-order valence-corrected chi connectivity index (χ2v) is 5.16. The zero-order chi connectivity index (χ0) is 16.2. The number of rotatable bonds is 10. The molecule has 0 saturated carbocycles. The van der Waals surface area contributed by atoms with Crippen molar-refractivity contribution >= 4 is 6.09 Å². The predicted octanol–water partition coefficient (Wildman–Crippen LogP) is 4.18.